The zero-order valence-corrected chi connectivity index (χ0v) is 15.3. The van der Waals surface area contributed by atoms with Crippen molar-refractivity contribution < 1.29 is 19.6 Å². The van der Waals surface area contributed by atoms with Crippen molar-refractivity contribution in [1.82, 2.24) is 0 Å². The number of benzene rings is 3. The minimum absolute atomic E-state index is 0.0118. The number of rotatable bonds is 5. The molecule has 0 saturated carbocycles. The molecule has 140 valence electrons. The Kier molecular flexibility index (Phi) is 5.04. The number of hydrogen-bond acceptors (Lipinski definition) is 5. The first-order chi connectivity index (χ1) is 13.3. The molecule has 0 aliphatic heterocycles. The first-order valence-corrected chi connectivity index (χ1v) is 8.54. The molecule has 0 atom stereocenters. The Morgan fingerprint density at radius 2 is 1.46 bits per heavy atom. The lowest BCUT2D eigenvalue weighted by molar-refractivity contribution is -0.384. The molecular weight excluding hydrogens is 358 g/mol. The molecule has 0 fully saturated rings. The molecule has 0 unspecified atom stereocenters. The largest absolute Gasteiger partial charge is 0.506 e. The maximum absolute atomic E-state index is 13.0. The van der Waals surface area contributed by atoms with Crippen molar-refractivity contribution in [3.8, 4) is 16.9 Å². The van der Waals surface area contributed by atoms with Crippen LogP contribution in [0.15, 0.2) is 60.7 Å². The smallest absolute Gasteiger partial charge is 0.281 e. The van der Waals surface area contributed by atoms with Gasteiger partial charge in [0.1, 0.15) is 5.75 Å². The fourth-order valence-corrected chi connectivity index (χ4v) is 3.31. The number of carbonyl (C=O) groups is 2. The van der Waals surface area contributed by atoms with E-state index in [9.17, 15) is 24.8 Å². The van der Waals surface area contributed by atoms with Crippen molar-refractivity contribution in [3.63, 3.8) is 0 Å². The van der Waals surface area contributed by atoms with Gasteiger partial charge in [-0.2, -0.15) is 0 Å². The first-order valence-electron chi connectivity index (χ1n) is 8.54. The van der Waals surface area contributed by atoms with Crippen LogP contribution in [0.1, 0.15) is 38.8 Å². The summed E-state index contributed by atoms with van der Waals surface area (Å²) in [5, 5.41) is 22.8. The number of phenols is 1. The van der Waals surface area contributed by atoms with Crippen LogP contribution >= 0.6 is 0 Å². The van der Waals surface area contributed by atoms with Gasteiger partial charge >= 0.3 is 0 Å². The minimum Gasteiger partial charge on any atom is -0.506 e. The zero-order valence-electron chi connectivity index (χ0n) is 15.3. The molecule has 0 amide bonds. The molecule has 0 spiro atoms. The zero-order chi connectivity index (χ0) is 20.4. The molecule has 28 heavy (non-hydrogen) atoms. The molecule has 0 radical (unpaired) electrons. The van der Waals surface area contributed by atoms with Gasteiger partial charge in [0.25, 0.3) is 5.69 Å². The fourth-order valence-electron chi connectivity index (χ4n) is 3.31. The lowest BCUT2D eigenvalue weighted by Gasteiger charge is -2.16. The fraction of sp³-hybridized carbons (Fsp3) is 0.0909. The third-order valence-corrected chi connectivity index (χ3v) is 4.55. The van der Waals surface area contributed by atoms with Gasteiger partial charge in [0, 0.05) is 11.1 Å². The Balaban J connectivity index is 2.44. The molecule has 3 rings (SSSR count). The Morgan fingerprint density at radius 3 is 1.96 bits per heavy atom. The van der Waals surface area contributed by atoms with Crippen molar-refractivity contribution >= 4 is 17.3 Å². The summed E-state index contributed by atoms with van der Waals surface area (Å²) in [5.41, 5.74) is -0.134. The van der Waals surface area contributed by atoms with Crippen LogP contribution in [-0.4, -0.2) is 21.6 Å². The molecule has 0 heterocycles. The molecule has 0 aliphatic rings. The number of aromatic hydroxyl groups is 1. The quantitative estimate of drug-likeness (QED) is 0.396. The first kappa shape index (κ1) is 19.0. The van der Waals surface area contributed by atoms with E-state index < -0.39 is 22.2 Å². The van der Waals surface area contributed by atoms with E-state index in [-0.39, 0.29) is 33.5 Å². The van der Waals surface area contributed by atoms with Crippen LogP contribution in [0, 0.1) is 17.0 Å². The van der Waals surface area contributed by atoms with E-state index in [0.717, 1.165) is 0 Å². The van der Waals surface area contributed by atoms with Gasteiger partial charge in [-0.1, -0.05) is 60.7 Å². The number of hydrogen-bond donors (Lipinski definition) is 1. The number of phenolic OH excluding ortho intramolecular Hbond substituents is 1. The SMILES string of the molecule is CC(=O)c1c(O)c(C(=O)c2ccccc2)c(C)c([N+](=O)[O-])c1-c1ccccc1. The molecule has 3 aromatic rings. The van der Waals surface area contributed by atoms with Gasteiger partial charge in [-0.05, 0) is 19.4 Å². The molecule has 0 bridgehead atoms. The molecule has 6 nitrogen and oxygen atoms in total. The monoisotopic (exact) mass is 375 g/mol. The van der Waals surface area contributed by atoms with Crippen LogP contribution in [0.25, 0.3) is 11.1 Å². The molecule has 0 saturated heterocycles. The standard InChI is InChI=1S/C22H17NO5/c1-13-17(21(25)16-11-7-4-8-12-16)22(26)18(14(2)24)19(20(13)23(27)28)15-9-5-3-6-10-15/h3-12,26H,1-2H3. The highest BCUT2D eigenvalue weighted by Crippen LogP contribution is 2.44. The number of nitrogens with zero attached hydrogens (tertiary/aromatic N) is 1. The third kappa shape index (κ3) is 3.16. The third-order valence-electron chi connectivity index (χ3n) is 4.55. The summed E-state index contributed by atoms with van der Waals surface area (Å²) < 4.78 is 0. The van der Waals surface area contributed by atoms with E-state index >= 15 is 0 Å². The minimum atomic E-state index is -0.620. The lowest BCUT2D eigenvalue weighted by Crippen LogP contribution is -2.12. The van der Waals surface area contributed by atoms with Crippen molar-refractivity contribution in [2.75, 3.05) is 0 Å². The van der Waals surface area contributed by atoms with Crippen molar-refractivity contribution in [3.05, 3.63) is 93.0 Å². The van der Waals surface area contributed by atoms with E-state index in [1.807, 2.05) is 0 Å². The van der Waals surface area contributed by atoms with Gasteiger partial charge in [0.05, 0.1) is 21.6 Å². The Hall–Kier alpha value is -3.80. The summed E-state index contributed by atoms with van der Waals surface area (Å²) in [4.78, 5) is 36.7. The summed E-state index contributed by atoms with van der Waals surface area (Å²) in [6.07, 6.45) is 0. The van der Waals surface area contributed by atoms with E-state index in [1.165, 1.54) is 13.8 Å². The molecule has 0 aliphatic carbocycles. The Labute approximate surface area is 161 Å². The second-order valence-electron chi connectivity index (χ2n) is 6.32. The van der Waals surface area contributed by atoms with Crippen molar-refractivity contribution in [1.29, 1.82) is 0 Å². The summed E-state index contributed by atoms with van der Waals surface area (Å²) in [6.45, 7) is 2.61. The average Bonchev–Trinajstić information content (AvgIpc) is 2.68. The van der Waals surface area contributed by atoms with Crippen LogP contribution in [-0.2, 0) is 0 Å². The summed E-state index contributed by atoms with van der Waals surface area (Å²) >= 11 is 0. The molecule has 1 N–H and O–H groups in total. The molecule has 3 aromatic carbocycles. The number of Topliss-reactive ketones (excluding diaryl/α,β-unsaturated/α-hetero) is 1. The Morgan fingerprint density at radius 1 is 0.929 bits per heavy atom. The van der Waals surface area contributed by atoms with Gasteiger partial charge in [0.2, 0.25) is 0 Å². The normalized spacial score (nSPS) is 10.5. The van der Waals surface area contributed by atoms with E-state index in [1.54, 1.807) is 60.7 Å². The van der Waals surface area contributed by atoms with Gasteiger partial charge in [-0.3, -0.25) is 19.7 Å². The summed E-state index contributed by atoms with van der Waals surface area (Å²) in [5.74, 6) is -1.69. The molecular formula is C22H17NO5. The Bertz CT molecular complexity index is 1050. The number of nitro groups is 1. The predicted octanol–water partition coefficient (Wildman–Crippen LogP) is 4.71. The van der Waals surface area contributed by atoms with Gasteiger partial charge in [0.15, 0.2) is 11.6 Å². The maximum Gasteiger partial charge on any atom is 0.281 e. The van der Waals surface area contributed by atoms with Crippen molar-refractivity contribution in [2.24, 2.45) is 0 Å². The second kappa shape index (κ2) is 7.44. The van der Waals surface area contributed by atoms with Gasteiger partial charge < -0.3 is 5.11 Å². The number of ketones is 2. The van der Waals surface area contributed by atoms with E-state index in [4.69, 9.17) is 0 Å². The van der Waals surface area contributed by atoms with E-state index in [0.29, 0.717) is 5.56 Å². The predicted molar refractivity (Wildman–Crippen MR) is 105 cm³/mol. The second-order valence-corrected chi connectivity index (χ2v) is 6.32. The van der Waals surface area contributed by atoms with Crippen LogP contribution in [0.2, 0.25) is 0 Å². The summed E-state index contributed by atoms with van der Waals surface area (Å²) in [7, 11) is 0. The van der Waals surface area contributed by atoms with Crippen LogP contribution in [0.3, 0.4) is 0 Å². The lowest BCUT2D eigenvalue weighted by atomic mass is 9.86. The maximum atomic E-state index is 13.0. The van der Waals surface area contributed by atoms with Crippen molar-refractivity contribution in [2.45, 2.75) is 13.8 Å². The number of carbonyl (C=O) groups excluding carboxylic acids is 2. The van der Waals surface area contributed by atoms with Gasteiger partial charge in [-0.25, -0.2) is 0 Å². The van der Waals surface area contributed by atoms with Crippen LogP contribution < -0.4 is 0 Å². The highest BCUT2D eigenvalue weighted by Gasteiger charge is 2.33. The number of nitro benzene ring substituents is 1. The topological polar surface area (TPSA) is 97.5 Å². The van der Waals surface area contributed by atoms with Gasteiger partial charge in [-0.15, -0.1) is 0 Å². The van der Waals surface area contributed by atoms with Crippen LogP contribution in [0.4, 0.5) is 5.69 Å². The highest BCUT2D eigenvalue weighted by atomic mass is 16.6. The van der Waals surface area contributed by atoms with E-state index in [2.05, 4.69) is 0 Å². The highest BCUT2D eigenvalue weighted by molar-refractivity contribution is 6.17. The molecule has 6 heteroatoms. The summed E-state index contributed by atoms with van der Waals surface area (Å²) in [6, 6.07) is 16.5. The average molecular weight is 375 g/mol. The van der Waals surface area contributed by atoms with Crippen LogP contribution in [0.5, 0.6) is 5.75 Å². The molecule has 0 aromatic heterocycles.